The predicted molar refractivity (Wildman–Crippen MR) is 87.4 cm³/mol. The second-order valence-corrected chi connectivity index (χ2v) is 5.32. The predicted octanol–water partition coefficient (Wildman–Crippen LogP) is 4.36. The Hall–Kier alpha value is -2.84. The summed E-state index contributed by atoms with van der Waals surface area (Å²) >= 11 is 0. The van der Waals surface area contributed by atoms with E-state index in [0.717, 1.165) is 29.6 Å². The lowest BCUT2D eigenvalue weighted by atomic mass is 10.2. The van der Waals surface area contributed by atoms with Gasteiger partial charge in [-0.1, -0.05) is 20.4 Å². The number of amides is 1. The molecule has 0 aromatic carbocycles. The van der Waals surface area contributed by atoms with E-state index in [2.05, 4.69) is 21.5 Å². The van der Waals surface area contributed by atoms with Crippen molar-refractivity contribution < 1.29 is 22.4 Å². The van der Waals surface area contributed by atoms with E-state index in [0.29, 0.717) is 0 Å². The summed E-state index contributed by atoms with van der Waals surface area (Å²) in [5.41, 5.74) is -1.64. The van der Waals surface area contributed by atoms with Crippen molar-refractivity contribution in [3.05, 3.63) is 48.4 Å². The van der Waals surface area contributed by atoms with Gasteiger partial charge in [-0.05, 0) is 12.5 Å². The van der Waals surface area contributed by atoms with Gasteiger partial charge in [0, 0.05) is 23.9 Å². The largest absolute Gasteiger partial charge is 0.435 e. The minimum Gasteiger partial charge on any atom is -0.282 e. The number of alkyl halides is 3. The molecule has 0 aliphatic rings. The molecule has 0 saturated heterocycles. The van der Waals surface area contributed by atoms with Crippen molar-refractivity contribution >= 4 is 11.6 Å². The Morgan fingerprint density at radius 1 is 1.19 bits per heavy atom. The van der Waals surface area contributed by atoms with Crippen LogP contribution in [0.3, 0.4) is 0 Å². The summed E-state index contributed by atoms with van der Waals surface area (Å²) in [6.07, 6.45) is -1.66. The molecule has 0 fully saturated rings. The first-order chi connectivity index (χ1) is 12.2. The van der Waals surface area contributed by atoms with Crippen molar-refractivity contribution in [1.29, 1.82) is 0 Å². The third kappa shape index (κ3) is 4.04. The summed E-state index contributed by atoms with van der Waals surface area (Å²) in [7, 11) is 0. The maximum Gasteiger partial charge on any atom is 0.435 e. The number of hydrogen-bond acceptors (Lipinski definition) is 4. The second-order valence-electron chi connectivity index (χ2n) is 5.32. The van der Waals surface area contributed by atoms with E-state index in [-0.39, 0.29) is 29.9 Å². The number of hydrogen-bond donors (Lipinski definition) is 0. The Morgan fingerprint density at radius 2 is 1.88 bits per heavy atom. The molecule has 0 radical (unpaired) electrons. The minimum atomic E-state index is -4.85. The summed E-state index contributed by atoms with van der Waals surface area (Å²) in [6, 6.07) is 0.974. The van der Waals surface area contributed by atoms with Crippen molar-refractivity contribution in [2.24, 2.45) is 0 Å². The van der Waals surface area contributed by atoms with Gasteiger partial charge in [-0.15, -0.1) is 0 Å². The Morgan fingerprint density at radius 3 is 2.42 bits per heavy atom. The minimum absolute atomic E-state index is 0.00950. The second kappa shape index (κ2) is 7.59. The van der Waals surface area contributed by atoms with Gasteiger partial charge in [-0.3, -0.25) is 14.7 Å². The number of carbonyl (C=O) groups excluding carboxylic acids is 1. The number of nitrogens with zero attached hydrogens (tertiary/aromatic N) is 4. The molecule has 0 aliphatic heterocycles. The van der Waals surface area contributed by atoms with Crippen LogP contribution < -0.4 is 4.90 Å². The van der Waals surface area contributed by atoms with Crippen LogP contribution in [-0.4, -0.2) is 20.9 Å². The highest BCUT2D eigenvalue weighted by atomic mass is 19.4. The van der Waals surface area contributed by atoms with E-state index in [1.807, 2.05) is 0 Å². The quantitative estimate of drug-likeness (QED) is 0.736. The Kier molecular flexibility index (Phi) is 5.69. The maximum atomic E-state index is 13.6. The van der Waals surface area contributed by atoms with Crippen LogP contribution >= 0.6 is 0 Å². The molecule has 0 unspecified atom stereocenters. The zero-order valence-corrected chi connectivity index (χ0v) is 14.1. The van der Waals surface area contributed by atoms with Gasteiger partial charge in [-0.2, -0.15) is 13.2 Å². The van der Waals surface area contributed by atoms with Gasteiger partial charge in [0.05, 0.1) is 18.1 Å². The molecular formula is C17H16F4N4O. The van der Waals surface area contributed by atoms with E-state index in [4.69, 9.17) is 0 Å². The number of allylic oxidation sites excluding steroid dienone is 1. The third-order valence-electron chi connectivity index (χ3n) is 3.52. The molecule has 2 aromatic heterocycles. The lowest BCUT2D eigenvalue weighted by Crippen LogP contribution is -2.31. The molecule has 0 aliphatic carbocycles. The number of anilines is 1. The van der Waals surface area contributed by atoms with Gasteiger partial charge in [0.2, 0.25) is 5.91 Å². The first-order valence-electron chi connectivity index (χ1n) is 7.74. The fraction of sp³-hybridized carbons (Fsp3) is 0.294. The number of halogens is 4. The molecule has 5 nitrogen and oxygen atoms in total. The summed E-state index contributed by atoms with van der Waals surface area (Å²) in [4.78, 5) is 24.0. The van der Waals surface area contributed by atoms with Crippen LogP contribution in [0.25, 0.3) is 11.4 Å². The van der Waals surface area contributed by atoms with E-state index in [1.165, 1.54) is 6.92 Å². The van der Waals surface area contributed by atoms with Crippen LogP contribution in [0.15, 0.2) is 36.9 Å². The van der Waals surface area contributed by atoms with Crippen LogP contribution in [-0.2, 0) is 11.0 Å². The highest BCUT2D eigenvalue weighted by Crippen LogP contribution is 2.37. The van der Waals surface area contributed by atoms with Crippen LogP contribution in [0.1, 0.15) is 32.4 Å². The zero-order chi connectivity index (χ0) is 19.5. The number of carbonyl (C=O) groups is 1. The molecule has 0 bridgehead atoms. The van der Waals surface area contributed by atoms with Crippen molar-refractivity contribution in [2.45, 2.75) is 32.9 Å². The van der Waals surface area contributed by atoms with Crippen molar-refractivity contribution in [2.75, 3.05) is 4.90 Å². The molecule has 9 heteroatoms. The SMILES string of the molecule is C=C(CC)N(C(=O)CC)c1cnc(-c2cncc(F)c2)nc1C(F)(F)F. The van der Waals surface area contributed by atoms with Crippen LogP contribution in [0.2, 0.25) is 0 Å². The number of rotatable bonds is 5. The smallest absolute Gasteiger partial charge is 0.282 e. The molecule has 2 rings (SSSR count). The lowest BCUT2D eigenvalue weighted by molar-refractivity contribution is -0.140. The molecule has 0 N–H and O–H groups in total. The zero-order valence-electron chi connectivity index (χ0n) is 14.1. The third-order valence-corrected chi connectivity index (χ3v) is 3.52. The molecule has 1 amide bonds. The molecule has 0 atom stereocenters. The summed E-state index contributed by atoms with van der Waals surface area (Å²) in [5.74, 6) is -1.64. The van der Waals surface area contributed by atoms with Crippen LogP contribution in [0.5, 0.6) is 0 Å². The molecule has 0 spiro atoms. The standard InChI is InChI=1S/C17H16F4N4O/c1-4-10(3)25(14(26)5-2)13-9-23-16(24-15(13)17(19,20)21)11-6-12(18)8-22-7-11/h6-9H,3-5H2,1-2H3. The first kappa shape index (κ1) is 19.5. The molecule has 2 aromatic rings. The summed E-state index contributed by atoms with van der Waals surface area (Å²) < 4.78 is 54.0. The average Bonchev–Trinajstić information content (AvgIpc) is 2.60. The molecule has 2 heterocycles. The normalized spacial score (nSPS) is 11.3. The topological polar surface area (TPSA) is 59.0 Å². The van der Waals surface area contributed by atoms with Gasteiger partial charge < -0.3 is 0 Å². The number of aromatic nitrogens is 3. The summed E-state index contributed by atoms with van der Waals surface area (Å²) in [6.45, 7) is 6.85. The van der Waals surface area contributed by atoms with Crippen LogP contribution in [0.4, 0.5) is 23.2 Å². The van der Waals surface area contributed by atoms with E-state index < -0.39 is 29.3 Å². The number of pyridine rings is 1. The Bertz CT molecular complexity index is 820. The Labute approximate surface area is 147 Å². The highest BCUT2D eigenvalue weighted by molar-refractivity contribution is 5.96. The Balaban J connectivity index is 2.67. The van der Waals surface area contributed by atoms with Crippen molar-refractivity contribution in [1.82, 2.24) is 15.0 Å². The van der Waals surface area contributed by atoms with E-state index in [9.17, 15) is 22.4 Å². The van der Waals surface area contributed by atoms with E-state index in [1.54, 1.807) is 6.92 Å². The molecule has 26 heavy (non-hydrogen) atoms. The maximum absolute atomic E-state index is 13.6. The lowest BCUT2D eigenvalue weighted by Gasteiger charge is -2.26. The van der Waals surface area contributed by atoms with Crippen molar-refractivity contribution in [3.63, 3.8) is 0 Å². The monoisotopic (exact) mass is 368 g/mol. The van der Waals surface area contributed by atoms with Gasteiger partial charge in [-0.25, -0.2) is 14.4 Å². The first-order valence-corrected chi connectivity index (χ1v) is 7.74. The molecule has 0 saturated carbocycles. The van der Waals surface area contributed by atoms with E-state index >= 15 is 0 Å². The van der Waals surface area contributed by atoms with Crippen molar-refractivity contribution in [3.8, 4) is 11.4 Å². The fourth-order valence-corrected chi connectivity index (χ4v) is 2.22. The fourth-order valence-electron chi connectivity index (χ4n) is 2.22. The van der Waals surface area contributed by atoms with Gasteiger partial charge in [0.1, 0.15) is 5.82 Å². The average molecular weight is 368 g/mol. The summed E-state index contributed by atoms with van der Waals surface area (Å²) in [5, 5.41) is 0. The highest BCUT2D eigenvalue weighted by Gasteiger charge is 2.39. The van der Waals surface area contributed by atoms with Crippen LogP contribution in [0, 0.1) is 5.82 Å². The molecule has 138 valence electrons. The van der Waals surface area contributed by atoms with Gasteiger partial charge in [0.15, 0.2) is 11.5 Å². The molecular weight excluding hydrogens is 352 g/mol. The van der Waals surface area contributed by atoms with Gasteiger partial charge >= 0.3 is 6.18 Å². The van der Waals surface area contributed by atoms with Gasteiger partial charge in [0.25, 0.3) is 0 Å².